The Kier molecular flexibility index (Phi) is 3.40. The van der Waals surface area contributed by atoms with Crippen molar-refractivity contribution in [3.05, 3.63) is 35.9 Å². The zero-order valence-corrected chi connectivity index (χ0v) is 12.3. The lowest BCUT2D eigenvalue weighted by Gasteiger charge is -2.49. The van der Waals surface area contributed by atoms with Crippen LogP contribution < -0.4 is 5.32 Å². The molecule has 1 aromatic carbocycles. The molecule has 1 N–H and O–H groups in total. The molecule has 1 saturated heterocycles. The first-order valence-corrected chi connectivity index (χ1v) is 7.61. The van der Waals surface area contributed by atoms with Gasteiger partial charge in [0.15, 0.2) is 0 Å². The van der Waals surface area contributed by atoms with E-state index >= 15 is 0 Å². The molecule has 1 aromatic rings. The van der Waals surface area contributed by atoms with Crippen molar-refractivity contribution in [2.24, 2.45) is 5.41 Å². The molecule has 2 nitrogen and oxygen atoms in total. The van der Waals surface area contributed by atoms with Crippen LogP contribution in [-0.4, -0.2) is 32.1 Å². The molecule has 0 aromatic heterocycles. The van der Waals surface area contributed by atoms with E-state index in [9.17, 15) is 0 Å². The maximum absolute atomic E-state index is 3.57. The molecule has 3 rings (SSSR count). The van der Waals surface area contributed by atoms with Crippen LogP contribution in [0.1, 0.15) is 37.7 Å². The number of benzene rings is 1. The second kappa shape index (κ2) is 4.92. The van der Waals surface area contributed by atoms with Crippen LogP contribution in [0.2, 0.25) is 0 Å². The average molecular weight is 258 g/mol. The second-order valence-electron chi connectivity index (χ2n) is 6.72. The maximum atomic E-state index is 3.57. The summed E-state index contributed by atoms with van der Waals surface area (Å²) in [6, 6.07) is 11.1. The summed E-state index contributed by atoms with van der Waals surface area (Å²) < 4.78 is 0. The molecule has 0 radical (unpaired) electrons. The molecule has 0 unspecified atom stereocenters. The molecule has 1 heterocycles. The lowest BCUT2D eigenvalue weighted by molar-refractivity contribution is 0.0431. The van der Waals surface area contributed by atoms with Gasteiger partial charge in [0.2, 0.25) is 0 Å². The minimum Gasteiger partial charge on any atom is -0.316 e. The largest absolute Gasteiger partial charge is 0.316 e. The lowest BCUT2D eigenvalue weighted by atomic mass is 9.64. The normalized spacial score (nSPS) is 35.1. The van der Waals surface area contributed by atoms with Gasteiger partial charge in [-0.15, -0.1) is 0 Å². The third-order valence-electron chi connectivity index (χ3n) is 5.64. The Balaban J connectivity index is 1.85. The van der Waals surface area contributed by atoms with Crippen molar-refractivity contribution in [3.63, 3.8) is 0 Å². The summed E-state index contributed by atoms with van der Waals surface area (Å²) in [5, 5.41) is 3.57. The van der Waals surface area contributed by atoms with Gasteiger partial charge in [-0.1, -0.05) is 30.3 Å². The smallest absolute Gasteiger partial charge is 0.0455 e. The van der Waals surface area contributed by atoms with E-state index in [4.69, 9.17) is 0 Å². The van der Waals surface area contributed by atoms with Crippen LogP contribution >= 0.6 is 0 Å². The van der Waals surface area contributed by atoms with Crippen LogP contribution in [0.15, 0.2) is 30.3 Å². The molecular formula is C17H26N2. The van der Waals surface area contributed by atoms with Crippen LogP contribution in [0.25, 0.3) is 0 Å². The monoisotopic (exact) mass is 258 g/mol. The fourth-order valence-corrected chi connectivity index (χ4v) is 4.16. The molecule has 2 aliphatic rings. The van der Waals surface area contributed by atoms with Crippen LogP contribution in [0.3, 0.4) is 0 Å². The van der Waals surface area contributed by atoms with Gasteiger partial charge in [-0.25, -0.2) is 0 Å². The van der Waals surface area contributed by atoms with E-state index in [1.807, 2.05) is 0 Å². The third-order valence-corrected chi connectivity index (χ3v) is 5.64. The molecule has 0 atom stereocenters. The fourth-order valence-electron chi connectivity index (χ4n) is 4.16. The Morgan fingerprint density at radius 1 is 0.947 bits per heavy atom. The topological polar surface area (TPSA) is 15.3 Å². The minimum atomic E-state index is 0.259. The Bertz CT molecular complexity index is 408. The first kappa shape index (κ1) is 13.1. The van der Waals surface area contributed by atoms with Crippen molar-refractivity contribution in [2.45, 2.75) is 37.6 Å². The summed E-state index contributed by atoms with van der Waals surface area (Å²) in [7, 11) is 4.50. The molecule has 19 heavy (non-hydrogen) atoms. The molecule has 2 heteroatoms. The molecule has 104 valence electrons. The Morgan fingerprint density at radius 3 is 2.16 bits per heavy atom. The van der Waals surface area contributed by atoms with Gasteiger partial charge >= 0.3 is 0 Å². The number of hydrogen-bond acceptors (Lipinski definition) is 2. The first-order valence-electron chi connectivity index (χ1n) is 7.61. The van der Waals surface area contributed by atoms with E-state index < -0.39 is 0 Å². The molecule has 2 fully saturated rings. The molecule has 1 aliphatic carbocycles. The summed E-state index contributed by atoms with van der Waals surface area (Å²) in [6.45, 7) is 2.46. The Hall–Kier alpha value is -0.860. The van der Waals surface area contributed by atoms with E-state index in [-0.39, 0.29) is 5.54 Å². The molecule has 1 spiro atoms. The highest BCUT2D eigenvalue weighted by molar-refractivity contribution is 5.26. The number of nitrogens with one attached hydrogen (secondary N) is 1. The van der Waals surface area contributed by atoms with Crippen molar-refractivity contribution in [1.29, 1.82) is 0 Å². The first-order chi connectivity index (χ1) is 9.17. The Labute approximate surface area is 117 Å². The van der Waals surface area contributed by atoms with Crippen molar-refractivity contribution in [3.8, 4) is 0 Å². The highest BCUT2D eigenvalue weighted by atomic mass is 15.1. The van der Waals surface area contributed by atoms with Crippen LogP contribution in [0, 0.1) is 5.41 Å². The van der Waals surface area contributed by atoms with Gasteiger partial charge in [0.1, 0.15) is 0 Å². The zero-order chi connectivity index (χ0) is 13.3. The molecular weight excluding hydrogens is 232 g/mol. The molecule has 0 bridgehead atoms. The van der Waals surface area contributed by atoms with Crippen molar-refractivity contribution < 1.29 is 0 Å². The SMILES string of the molecule is CN(C)[C@]1(c2ccccc2)CC[C@@]2(CCNC2)CC1. The highest BCUT2D eigenvalue weighted by Crippen LogP contribution is 2.50. The fraction of sp³-hybridized carbons (Fsp3) is 0.647. The molecule has 1 saturated carbocycles. The van der Waals surface area contributed by atoms with E-state index in [2.05, 4.69) is 54.6 Å². The number of nitrogens with zero attached hydrogens (tertiary/aromatic N) is 1. The van der Waals surface area contributed by atoms with Gasteiger partial charge in [-0.3, -0.25) is 4.90 Å². The number of rotatable bonds is 2. The van der Waals surface area contributed by atoms with E-state index in [0.717, 1.165) is 0 Å². The van der Waals surface area contributed by atoms with Crippen molar-refractivity contribution in [1.82, 2.24) is 10.2 Å². The summed E-state index contributed by atoms with van der Waals surface area (Å²) in [5.41, 5.74) is 2.37. The van der Waals surface area contributed by atoms with E-state index in [1.165, 1.54) is 50.8 Å². The summed E-state index contributed by atoms with van der Waals surface area (Å²) in [5.74, 6) is 0. The quantitative estimate of drug-likeness (QED) is 0.877. The average Bonchev–Trinajstić information content (AvgIpc) is 2.89. The Morgan fingerprint density at radius 2 is 1.63 bits per heavy atom. The summed E-state index contributed by atoms with van der Waals surface area (Å²) in [4.78, 5) is 2.46. The van der Waals surface area contributed by atoms with E-state index in [1.54, 1.807) is 0 Å². The summed E-state index contributed by atoms with van der Waals surface area (Å²) in [6.07, 6.45) is 6.71. The van der Waals surface area contributed by atoms with Gasteiger partial charge in [-0.2, -0.15) is 0 Å². The van der Waals surface area contributed by atoms with Crippen LogP contribution in [-0.2, 0) is 5.54 Å². The van der Waals surface area contributed by atoms with Gasteiger partial charge < -0.3 is 5.32 Å². The standard InChI is InChI=1S/C17H26N2/c1-19(2)17(15-6-4-3-5-7-15)10-8-16(9-11-17)12-13-18-14-16/h3-7,18H,8-14H2,1-2H3/t16-,17+. The highest BCUT2D eigenvalue weighted by Gasteiger charge is 2.45. The van der Waals surface area contributed by atoms with Gasteiger partial charge in [0.05, 0.1) is 0 Å². The van der Waals surface area contributed by atoms with Gasteiger partial charge in [-0.05, 0) is 63.7 Å². The predicted molar refractivity (Wildman–Crippen MR) is 80.2 cm³/mol. The maximum Gasteiger partial charge on any atom is 0.0455 e. The minimum absolute atomic E-state index is 0.259. The summed E-state index contributed by atoms with van der Waals surface area (Å²) >= 11 is 0. The third kappa shape index (κ3) is 2.21. The van der Waals surface area contributed by atoms with Crippen LogP contribution in [0.5, 0.6) is 0 Å². The lowest BCUT2D eigenvalue weighted by Crippen LogP contribution is -2.47. The van der Waals surface area contributed by atoms with E-state index in [0.29, 0.717) is 5.41 Å². The van der Waals surface area contributed by atoms with Crippen LogP contribution in [0.4, 0.5) is 0 Å². The zero-order valence-electron chi connectivity index (χ0n) is 12.3. The molecule has 0 amide bonds. The van der Waals surface area contributed by atoms with Gasteiger partial charge in [0, 0.05) is 12.1 Å². The predicted octanol–water partition coefficient (Wildman–Crippen LogP) is 3.00. The van der Waals surface area contributed by atoms with Crippen molar-refractivity contribution >= 4 is 0 Å². The molecule has 1 aliphatic heterocycles. The van der Waals surface area contributed by atoms with Crippen molar-refractivity contribution in [2.75, 3.05) is 27.2 Å². The second-order valence-corrected chi connectivity index (χ2v) is 6.72. The van der Waals surface area contributed by atoms with Gasteiger partial charge in [0.25, 0.3) is 0 Å². The number of hydrogen-bond donors (Lipinski definition) is 1.